The molecular formula is C15H17NO4. The van der Waals surface area contributed by atoms with Crippen molar-refractivity contribution in [2.75, 3.05) is 7.11 Å². The Balaban J connectivity index is 2.74. The summed E-state index contributed by atoms with van der Waals surface area (Å²) in [6, 6.07) is 5.48. The first-order valence-corrected chi connectivity index (χ1v) is 6.36. The van der Waals surface area contributed by atoms with Gasteiger partial charge in [-0.3, -0.25) is 4.79 Å². The lowest BCUT2D eigenvalue weighted by Gasteiger charge is -2.10. The number of carbonyl (C=O) groups excluding carboxylic acids is 1. The maximum atomic E-state index is 11.5. The van der Waals surface area contributed by atoms with E-state index in [1.807, 2.05) is 12.1 Å². The van der Waals surface area contributed by atoms with E-state index < -0.39 is 5.97 Å². The standard InChI is InChI=1S/C15H17NO4/c1-9(17)7-8-16-13(15(18)19)10(2)11-5-4-6-12(20-3)14(11)16/h4-6H,7-8H2,1-3H3,(H,18,19). The molecule has 2 aromatic rings. The lowest BCUT2D eigenvalue weighted by molar-refractivity contribution is -0.117. The number of methoxy groups -OCH3 is 1. The molecule has 1 heterocycles. The number of aryl methyl sites for hydroxylation is 2. The summed E-state index contributed by atoms with van der Waals surface area (Å²) >= 11 is 0. The quantitative estimate of drug-likeness (QED) is 0.910. The fourth-order valence-corrected chi connectivity index (χ4v) is 2.48. The molecule has 0 fully saturated rings. The van der Waals surface area contributed by atoms with Crippen molar-refractivity contribution in [3.05, 3.63) is 29.5 Å². The molecule has 106 valence electrons. The fraction of sp³-hybridized carbons (Fsp3) is 0.333. The van der Waals surface area contributed by atoms with Crippen molar-refractivity contribution >= 4 is 22.7 Å². The number of benzene rings is 1. The van der Waals surface area contributed by atoms with Crippen molar-refractivity contribution in [1.29, 1.82) is 0 Å². The molecule has 0 aliphatic carbocycles. The predicted molar refractivity (Wildman–Crippen MR) is 75.5 cm³/mol. The van der Waals surface area contributed by atoms with Crippen LogP contribution in [0, 0.1) is 6.92 Å². The van der Waals surface area contributed by atoms with E-state index in [4.69, 9.17) is 4.74 Å². The Hall–Kier alpha value is -2.30. The number of hydrogen-bond donors (Lipinski definition) is 1. The van der Waals surface area contributed by atoms with Crippen LogP contribution in [-0.4, -0.2) is 28.5 Å². The molecular weight excluding hydrogens is 258 g/mol. The van der Waals surface area contributed by atoms with Gasteiger partial charge in [0.2, 0.25) is 0 Å². The van der Waals surface area contributed by atoms with E-state index in [9.17, 15) is 14.7 Å². The van der Waals surface area contributed by atoms with Gasteiger partial charge < -0.3 is 14.4 Å². The number of nitrogens with zero attached hydrogens (tertiary/aromatic N) is 1. The third-order valence-corrected chi connectivity index (χ3v) is 3.41. The zero-order valence-electron chi connectivity index (χ0n) is 11.8. The number of para-hydroxylation sites is 1. The second kappa shape index (κ2) is 5.36. The summed E-state index contributed by atoms with van der Waals surface area (Å²) in [6.45, 7) is 3.60. The van der Waals surface area contributed by atoms with E-state index in [-0.39, 0.29) is 11.5 Å². The van der Waals surface area contributed by atoms with Crippen molar-refractivity contribution in [2.24, 2.45) is 0 Å². The molecule has 0 bridgehead atoms. The summed E-state index contributed by atoms with van der Waals surface area (Å²) in [6.07, 6.45) is 0.293. The van der Waals surface area contributed by atoms with Gasteiger partial charge in [-0.2, -0.15) is 0 Å². The van der Waals surface area contributed by atoms with Crippen LogP contribution in [0.4, 0.5) is 0 Å². The van der Waals surface area contributed by atoms with Crippen LogP contribution in [0.5, 0.6) is 5.75 Å². The second-order valence-corrected chi connectivity index (χ2v) is 4.74. The summed E-state index contributed by atoms with van der Waals surface area (Å²) in [5, 5.41) is 10.3. The van der Waals surface area contributed by atoms with Crippen molar-refractivity contribution in [1.82, 2.24) is 4.57 Å². The highest BCUT2D eigenvalue weighted by Gasteiger charge is 2.21. The zero-order valence-corrected chi connectivity index (χ0v) is 11.8. The number of ether oxygens (including phenoxy) is 1. The number of hydrogen-bond acceptors (Lipinski definition) is 3. The van der Waals surface area contributed by atoms with Crippen LogP contribution in [0.2, 0.25) is 0 Å². The van der Waals surface area contributed by atoms with Crippen LogP contribution in [0.3, 0.4) is 0 Å². The largest absolute Gasteiger partial charge is 0.495 e. The van der Waals surface area contributed by atoms with E-state index >= 15 is 0 Å². The summed E-state index contributed by atoms with van der Waals surface area (Å²) < 4.78 is 6.98. The first-order valence-electron chi connectivity index (χ1n) is 6.36. The maximum Gasteiger partial charge on any atom is 0.352 e. The molecule has 0 aliphatic heterocycles. The summed E-state index contributed by atoms with van der Waals surface area (Å²) in [5.74, 6) is -0.360. The Morgan fingerprint density at radius 2 is 2.05 bits per heavy atom. The summed E-state index contributed by atoms with van der Waals surface area (Å²) in [7, 11) is 1.55. The maximum absolute atomic E-state index is 11.5. The fourth-order valence-electron chi connectivity index (χ4n) is 2.48. The minimum absolute atomic E-state index is 0.0238. The highest BCUT2D eigenvalue weighted by molar-refractivity contribution is 6.00. The molecule has 5 heteroatoms. The number of aromatic nitrogens is 1. The molecule has 0 amide bonds. The number of carboxylic acid groups (broad SMARTS) is 1. The summed E-state index contributed by atoms with van der Waals surface area (Å²) in [5.41, 5.74) is 1.63. The molecule has 0 radical (unpaired) electrons. The van der Waals surface area contributed by atoms with Crippen molar-refractivity contribution < 1.29 is 19.4 Å². The van der Waals surface area contributed by atoms with Crippen LogP contribution in [-0.2, 0) is 11.3 Å². The molecule has 2 rings (SSSR count). The molecule has 0 saturated heterocycles. The SMILES string of the molecule is COc1cccc2c(C)c(C(=O)O)n(CCC(C)=O)c12. The van der Waals surface area contributed by atoms with Gasteiger partial charge in [-0.15, -0.1) is 0 Å². The molecule has 1 aromatic heterocycles. The highest BCUT2D eigenvalue weighted by atomic mass is 16.5. The van der Waals surface area contributed by atoms with E-state index in [1.54, 1.807) is 24.7 Å². The van der Waals surface area contributed by atoms with Crippen LogP contribution >= 0.6 is 0 Å². The monoisotopic (exact) mass is 275 g/mol. The first kappa shape index (κ1) is 14.1. The minimum atomic E-state index is -0.996. The smallest absolute Gasteiger partial charge is 0.352 e. The van der Waals surface area contributed by atoms with Crippen molar-refractivity contribution in [3.63, 3.8) is 0 Å². The highest BCUT2D eigenvalue weighted by Crippen LogP contribution is 2.32. The molecule has 0 unspecified atom stereocenters. The molecule has 0 atom stereocenters. The van der Waals surface area contributed by atoms with Crippen LogP contribution in [0.25, 0.3) is 10.9 Å². The van der Waals surface area contributed by atoms with Gasteiger partial charge in [0.15, 0.2) is 0 Å². The van der Waals surface area contributed by atoms with Gasteiger partial charge in [0.05, 0.1) is 12.6 Å². The zero-order chi connectivity index (χ0) is 14.9. The topological polar surface area (TPSA) is 68.5 Å². The molecule has 5 nitrogen and oxygen atoms in total. The average Bonchev–Trinajstić information content (AvgIpc) is 2.69. The third kappa shape index (κ3) is 2.27. The number of Topliss-reactive ketones (excluding diaryl/α,β-unsaturated/α-hetero) is 1. The Kier molecular flexibility index (Phi) is 3.79. The average molecular weight is 275 g/mol. The van der Waals surface area contributed by atoms with Gasteiger partial charge >= 0.3 is 5.97 Å². The van der Waals surface area contributed by atoms with Gasteiger partial charge in [0, 0.05) is 18.4 Å². The van der Waals surface area contributed by atoms with E-state index in [1.165, 1.54) is 6.92 Å². The second-order valence-electron chi connectivity index (χ2n) is 4.74. The van der Waals surface area contributed by atoms with Gasteiger partial charge in [-0.25, -0.2) is 4.79 Å². The van der Waals surface area contributed by atoms with Gasteiger partial charge in [-0.05, 0) is 25.5 Å². The normalized spacial score (nSPS) is 10.8. The molecule has 1 N–H and O–H groups in total. The molecule has 0 saturated carbocycles. The van der Waals surface area contributed by atoms with Crippen LogP contribution in [0.15, 0.2) is 18.2 Å². The number of carbonyl (C=O) groups is 2. The molecule has 20 heavy (non-hydrogen) atoms. The van der Waals surface area contributed by atoms with Gasteiger partial charge in [-0.1, -0.05) is 12.1 Å². The minimum Gasteiger partial charge on any atom is -0.495 e. The Morgan fingerprint density at radius 3 is 2.60 bits per heavy atom. The van der Waals surface area contributed by atoms with E-state index in [0.717, 1.165) is 10.9 Å². The van der Waals surface area contributed by atoms with Gasteiger partial charge in [0.1, 0.15) is 17.2 Å². The lowest BCUT2D eigenvalue weighted by atomic mass is 10.1. The number of fused-ring (bicyclic) bond motifs is 1. The molecule has 1 aromatic carbocycles. The molecule has 0 spiro atoms. The van der Waals surface area contributed by atoms with Gasteiger partial charge in [0.25, 0.3) is 0 Å². The predicted octanol–water partition coefficient (Wildman–Crippen LogP) is 2.64. The molecule has 0 aliphatic rings. The van der Waals surface area contributed by atoms with Crippen molar-refractivity contribution in [3.8, 4) is 5.75 Å². The van der Waals surface area contributed by atoms with Crippen LogP contribution in [0.1, 0.15) is 29.4 Å². The third-order valence-electron chi connectivity index (χ3n) is 3.41. The first-order chi connectivity index (χ1) is 9.47. The number of rotatable bonds is 5. The van der Waals surface area contributed by atoms with Crippen LogP contribution < -0.4 is 4.74 Å². The number of aromatic carboxylic acids is 1. The Bertz CT molecular complexity index is 685. The number of ketones is 1. The Morgan fingerprint density at radius 1 is 1.35 bits per heavy atom. The van der Waals surface area contributed by atoms with E-state index in [2.05, 4.69) is 0 Å². The summed E-state index contributed by atoms with van der Waals surface area (Å²) in [4.78, 5) is 22.7. The number of carboxylic acids is 1. The Labute approximate surface area is 116 Å². The van der Waals surface area contributed by atoms with E-state index in [0.29, 0.717) is 24.3 Å². The lowest BCUT2D eigenvalue weighted by Crippen LogP contribution is -2.12. The van der Waals surface area contributed by atoms with Crippen molar-refractivity contribution in [2.45, 2.75) is 26.8 Å².